The number of furan rings is 1. The third kappa shape index (κ3) is 3.99. The van der Waals surface area contributed by atoms with E-state index in [9.17, 15) is 9.59 Å². The van der Waals surface area contributed by atoms with Crippen LogP contribution in [-0.2, 0) is 11.2 Å². The molecule has 1 amide bonds. The van der Waals surface area contributed by atoms with Crippen molar-refractivity contribution in [3.63, 3.8) is 0 Å². The highest BCUT2D eigenvalue weighted by Gasteiger charge is 2.23. The standard InChI is InChI=1S/C22H21ClN2O3/c1-13-12-24-15(9-14(2)26)10-17(13)20-11-18(22(27)25(3)4)21(28-20)16-7-5-6-8-19(16)23/h5-8,10-12H,9H2,1-4H3. The molecule has 3 rings (SSSR count). The summed E-state index contributed by atoms with van der Waals surface area (Å²) in [4.78, 5) is 30.0. The topological polar surface area (TPSA) is 63.4 Å². The third-order valence-electron chi connectivity index (χ3n) is 4.34. The molecule has 0 aliphatic carbocycles. The lowest BCUT2D eigenvalue weighted by atomic mass is 10.0. The molecular weight excluding hydrogens is 376 g/mol. The molecule has 0 saturated heterocycles. The number of halogens is 1. The van der Waals surface area contributed by atoms with E-state index in [0.29, 0.717) is 33.4 Å². The van der Waals surface area contributed by atoms with Crippen molar-refractivity contribution in [1.29, 1.82) is 0 Å². The van der Waals surface area contributed by atoms with Gasteiger partial charge in [-0.2, -0.15) is 0 Å². The molecule has 0 atom stereocenters. The molecule has 28 heavy (non-hydrogen) atoms. The zero-order valence-corrected chi connectivity index (χ0v) is 17.0. The molecule has 144 valence electrons. The summed E-state index contributed by atoms with van der Waals surface area (Å²) < 4.78 is 6.14. The first-order valence-corrected chi connectivity index (χ1v) is 9.21. The average molecular weight is 397 g/mol. The number of carbonyl (C=O) groups excluding carboxylic acids is 2. The van der Waals surface area contributed by atoms with Crippen molar-refractivity contribution >= 4 is 23.3 Å². The van der Waals surface area contributed by atoms with Crippen LogP contribution in [0.15, 0.2) is 47.0 Å². The number of aryl methyl sites for hydroxylation is 1. The highest BCUT2D eigenvalue weighted by molar-refractivity contribution is 6.33. The van der Waals surface area contributed by atoms with Crippen molar-refractivity contribution in [3.8, 4) is 22.6 Å². The van der Waals surface area contributed by atoms with Crippen molar-refractivity contribution in [2.45, 2.75) is 20.3 Å². The van der Waals surface area contributed by atoms with E-state index in [1.165, 1.54) is 11.8 Å². The Morgan fingerprint density at radius 1 is 1.14 bits per heavy atom. The van der Waals surface area contributed by atoms with Gasteiger partial charge in [0.05, 0.1) is 10.6 Å². The summed E-state index contributed by atoms with van der Waals surface area (Å²) in [6.45, 7) is 3.43. The second kappa shape index (κ2) is 7.98. The summed E-state index contributed by atoms with van der Waals surface area (Å²) in [5.41, 5.74) is 3.41. The smallest absolute Gasteiger partial charge is 0.257 e. The largest absolute Gasteiger partial charge is 0.455 e. The van der Waals surface area contributed by atoms with Gasteiger partial charge in [0.15, 0.2) is 0 Å². The Bertz CT molecular complexity index is 1050. The molecule has 0 spiro atoms. The molecular formula is C22H21ClN2O3. The maximum atomic E-state index is 12.8. The molecule has 0 aliphatic heterocycles. The Kier molecular flexibility index (Phi) is 5.66. The minimum absolute atomic E-state index is 0.0296. The average Bonchev–Trinajstić information content (AvgIpc) is 3.07. The number of Topliss-reactive ketones (excluding diaryl/α,β-unsaturated/α-hetero) is 1. The summed E-state index contributed by atoms with van der Waals surface area (Å²) in [5, 5.41) is 0.500. The zero-order valence-electron chi connectivity index (χ0n) is 16.2. The summed E-state index contributed by atoms with van der Waals surface area (Å²) in [7, 11) is 3.38. The maximum absolute atomic E-state index is 12.8. The fraction of sp³-hybridized carbons (Fsp3) is 0.227. The van der Waals surface area contributed by atoms with Crippen molar-refractivity contribution in [2.75, 3.05) is 14.1 Å². The molecule has 0 saturated carbocycles. The van der Waals surface area contributed by atoms with E-state index in [2.05, 4.69) is 4.98 Å². The molecule has 1 aromatic carbocycles. The monoisotopic (exact) mass is 396 g/mol. The molecule has 5 nitrogen and oxygen atoms in total. The third-order valence-corrected chi connectivity index (χ3v) is 4.67. The van der Waals surface area contributed by atoms with E-state index in [4.69, 9.17) is 16.0 Å². The Morgan fingerprint density at radius 2 is 1.86 bits per heavy atom. The number of rotatable bonds is 5. The van der Waals surface area contributed by atoms with E-state index in [0.717, 1.165) is 11.1 Å². The lowest BCUT2D eigenvalue weighted by molar-refractivity contribution is -0.116. The molecule has 0 unspecified atom stereocenters. The number of pyridine rings is 1. The van der Waals surface area contributed by atoms with Crippen LogP contribution in [0.3, 0.4) is 0 Å². The van der Waals surface area contributed by atoms with E-state index >= 15 is 0 Å². The molecule has 0 N–H and O–H groups in total. The highest BCUT2D eigenvalue weighted by Crippen LogP contribution is 2.37. The first kappa shape index (κ1) is 19.8. The number of ketones is 1. The van der Waals surface area contributed by atoms with Gasteiger partial charge in [-0.05, 0) is 43.7 Å². The lowest BCUT2D eigenvalue weighted by Gasteiger charge is -2.10. The first-order chi connectivity index (χ1) is 13.3. The van der Waals surface area contributed by atoms with E-state index in [1.54, 1.807) is 32.4 Å². The van der Waals surface area contributed by atoms with Crippen molar-refractivity contribution in [3.05, 3.63) is 64.4 Å². The number of hydrogen-bond donors (Lipinski definition) is 0. The van der Waals surface area contributed by atoms with Crippen LogP contribution < -0.4 is 0 Å². The predicted molar refractivity (Wildman–Crippen MR) is 110 cm³/mol. The molecule has 0 bridgehead atoms. The molecule has 6 heteroatoms. The van der Waals surface area contributed by atoms with Gasteiger partial charge in [0, 0.05) is 43.5 Å². The summed E-state index contributed by atoms with van der Waals surface area (Å²) in [5.74, 6) is 0.802. The van der Waals surface area contributed by atoms with Crippen LogP contribution in [0.1, 0.15) is 28.5 Å². The quantitative estimate of drug-likeness (QED) is 0.621. The number of aromatic nitrogens is 1. The number of benzene rings is 1. The van der Waals surface area contributed by atoms with E-state index in [1.807, 2.05) is 31.2 Å². The van der Waals surface area contributed by atoms with Gasteiger partial charge < -0.3 is 9.32 Å². The Hall–Kier alpha value is -2.92. The highest BCUT2D eigenvalue weighted by atomic mass is 35.5. The van der Waals surface area contributed by atoms with Gasteiger partial charge >= 0.3 is 0 Å². The fourth-order valence-corrected chi connectivity index (χ4v) is 3.17. The molecule has 0 aliphatic rings. The maximum Gasteiger partial charge on any atom is 0.257 e. The Morgan fingerprint density at radius 3 is 2.50 bits per heavy atom. The van der Waals surface area contributed by atoms with Crippen molar-refractivity contribution in [2.24, 2.45) is 0 Å². The molecule has 0 radical (unpaired) electrons. The molecule has 2 aromatic heterocycles. The van der Waals surface area contributed by atoms with Gasteiger partial charge in [-0.15, -0.1) is 0 Å². The van der Waals surface area contributed by atoms with Gasteiger partial charge in [-0.1, -0.05) is 23.7 Å². The van der Waals surface area contributed by atoms with Gasteiger partial charge in [0.2, 0.25) is 0 Å². The number of nitrogens with zero attached hydrogens (tertiary/aromatic N) is 2. The Labute approximate surface area is 169 Å². The first-order valence-electron chi connectivity index (χ1n) is 8.83. The van der Waals surface area contributed by atoms with Gasteiger partial charge in [-0.3, -0.25) is 14.6 Å². The summed E-state index contributed by atoms with van der Waals surface area (Å²) >= 11 is 6.35. The van der Waals surface area contributed by atoms with E-state index < -0.39 is 0 Å². The second-order valence-corrected chi connectivity index (χ2v) is 7.31. The second-order valence-electron chi connectivity index (χ2n) is 6.90. The van der Waals surface area contributed by atoms with Gasteiger partial charge in [0.25, 0.3) is 5.91 Å². The van der Waals surface area contributed by atoms with Crippen molar-refractivity contribution in [1.82, 2.24) is 9.88 Å². The lowest BCUT2D eigenvalue weighted by Crippen LogP contribution is -2.21. The molecule has 3 aromatic rings. The van der Waals surface area contributed by atoms with Gasteiger partial charge in [0.1, 0.15) is 17.3 Å². The molecule has 0 fully saturated rings. The van der Waals surface area contributed by atoms with Crippen LogP contribution in [0, 0.1) is 6.92 Å². The Balaban J connectivity index is 2.19. The van der Waals surface area contributed by atoms with Crippen molar-refractivity contribution < 1.29 is 14.0 Å². The normalized spacial score (nSPS) is 10.8. The van der Waals surface area contributed by atoms with Crippen LogP contribution in [0.5, 0.6) is 0 Å². The number of amides is 1. The van der Waals surface area contributed by atoms with Crippen LogP contribution in [0.25, 0.3) is 22.6 Å². The zero-order chi connectivity index (χ0) is 20.4. The van der Waals surface area contributed by atoms with Crippen LogP contribution in [0.2, 0.25) is 5.02 Å². The van der Waals surface area contributed by atoms with Crippen LogP contribution in [-0.4, -0.2) is 35.7 Å². The summed E-state index contributed by atoms with van der Waals surface area (Å²) in [6, 6.07) is 10.8. The molecule has 2 heterocycles. The van der Waals surface area contributed by atoms with Gasteiger partial charge in [-0.25, -0.2) is 0 Å². The fourth-order valence-electron chi connectivity index (χ4n) is 2.95. The number of carbonyl (C=O) groups is 2. The number of hydrogen-bond acceptors (Lipinski definition) is 4. The SMILES string of the molecule is CC(=O)Cc1cc(-c2cc(C(=O)N(C)C)c(-c3ccccc3Cl)o2)c(C)cn1. The van der Waals surface area contributed by atoms with E-state index in [-0.39, 0.29) is 18.1 Å². The summed E-state index contributed by atoms with van der Waals surface area (Å²) in [6.07, 6.45) is 1.95. The predicted octanol–water partition coefficient (Wildman–Crippen LogP) is 4.80. The van der Waals surface area contributed by atoms with Crippen LogP contribution in [0.4, 0.5) is 0 Å². The minimum atomic E-state index is -0.180. The minimum Gasteiger partial charge on any atom is -0.455 e. The van der Waals surface area contributed by atoms with Crippen LogP contribution >= 0.6 is 11.6 Å².